The molecule has 0 radical (unpaired) electrons. The number of ether oxygens (including phenoxy) is 1. The van der Waals surface area contributed by atoms with Crippen LogP contribution in [0.4, 0.5) is 4.79 Å². The SMILES string of the molecule is CCC(C)NC(=O)NCCCOc1ccc(C(C)(C)C)cc1Br. The van der Waals surface area contributed by atoms with Crippen molar-refractivity contribution in [3.63, 3.8) is 0 Å². The predicted octanol–water partition coefficient (Wildman–Crippen LogP) is 4.61. The molecule has 1 aromatic rings. The van der Waals surface area contributed by atoms with E-state index in [9.17, 15) is 4.79 Å². The van der Waals surface area contributed by atoms with E-state index in [1.165, 1.54) is 5.56 Å². The summed E-state index contributed by atoms with van der Waals surface area (Å²) < 4.78 is 6.74. The summed E-state index contributed by atoms with van der Waals surface area (Å²) in [5, 5.41) is 5.71. The Balaban J connectivity index is 2.33. The van der Waals surface area contributed by atoms with Gasteiger partial charge in [-0.3, -0.25) is 0 Å². The first-order valence-corrected chi connectivity index (χ1v) is 9.00. The van der Waals surface area contributed by atoms with Crippen molar-refractivity contribution in [2.45, 2.75) is 58.9 Å². The first kappa shape index (κ1) is 19.8. The minimum Gasteiger partial charge on any atom is -0.492 e. The molecule has 2 amide bonds. The second kappa shape index (κ2) is 9.16. The van der Waals surface area contributed by atoms with Gasteiger partial charge in [0.15, 0.2) is 0 Å². The summed E-state index contributed by atoms with van der Waals surface area (Å²) in [6, 6.07) is 6.28. The highest BCUT2D eigenvalue weighted by atomic mass is 79.9. The molecule has 1 unspecified atom stereocenters. The molecule has 0 bridgehead atoms. The van der Waals surface area contributed by atoms with Crippen LogP contribution in [0, 0.1) is 0 Å². The summed E-state index contributed by atoms with van der Waals surface area (Å²) in [6.45, 7) is 11.8. The van der Waals surface area contributed by atoms with Gasteiger partial charge >= 0.3 is 6.03 Å². The van der Waals surface area contributed by atoms with Crippen LogP contribution in [0.1, 0.15) is 53.0 Å². The van der Waals surface area contributed by atoms with Crippen molar-refractivity contribution < 1.29 is 9.53 Å². The Morgan fingerprint density at radius 3 is 2.61 bits per heavy atom. The zero-order valence-corrected chi connectivity index (χ0v) is 16.4. The van der Waals surface area contributed by atoms with E-state index in [2.05, 4.69) is 59.5 Å². The van der Waals surface area contributed by atoms with Gasteiger partial charge in [-0.05, 0) is 58.8 Å². The van der Waals surface area contributed by atoms with Gasteiger partial charge in [-0.25, -0.2) is 4.79 Å². The van der Waals surface area contributed by atoms with Gasteiger partial charge in [-0.1, -0.05) is 33.8 Å². The highest BCUT2D eigenvalue weighted by Crippen LogP contribution is 2.31. The molecule has 0 saturated carbocycles. The zero-order valence-electron chi connectivity index (χ0n) is 14.8. The van der Waals surface area contributed by atoms with E-state index < -0.39 is 0 Å². The molecule has 4 nitrogen and oxygen atoms in total. The highest BCUT2D eigenvalue weighted by Gasteiger charge is 2.15. The number of benzene rings is 1. The minimum absolute atomic E-state index is 0.116. The fourth-order valence-corrected chi connectivity index (χ4v) is 2.41. The molecule has 0 aliphatic rings. The Bertz CT molecular complexity index is 512. The second-order valence-electron chi connectivity index (χ2n) is 6.81. The van der Waals surface area contributed by atoms with Crippen molar-refractivity contribution in [3.8, 4) is 5.75 Å². The molecule has 23 heavy (non-hydrogen) atoms. The maximum absolute atomic E-state index is 11.6. The summed E-state index contributed by atoms with van der Waals surface area (Å²) in [4.78, 5) is 11.6. The van der Waals surface area contributed by atoms with E-state index >= 15 is 0 Å². The molecular weight excluding hydrogens is 356 g/mol. The predicted molar refractivity (Wildman–Crippen MR) is 99.2 cm³/mol. The van der Waals surface area contributed by atoms with Crippen LogP contribution in [0.15, 0.2) is 22.7 Å². The number of urea groups is 1. The zero-order chi connectivity index (χ0) is 17.5. The van der Waals surface area contributed by atoms with Crippen LogP contribution in [0.3, 0.4) is 0 Å². The van der Waals surface area contributed by atoms with Gasteiger partial charge < -0.3 is 15.4 Å². The molecule has 0 saturated heterocycles. The minimum atomic E-state index is -0.116. The fourth-order valence-electron chi connectivity index (χ4n) is 1.92. The number of amides is 2. The normalized spacial score (nSPS) is 12.6. The van der Waals surface area contributed by atoms with Crippen LogP contribution in [-0.2, 0) is 5.41 Å². The maximum Gasteiger partial charge on any atom is 0.314 e. The molecule has 0 aliphatic carbocycles. The third-order valence-corrected chi connectivity index (χ3v) is 4.27. The summed E-state index contributed by atoms with van der Waals surface area (Å²) in [6.07, 6.45) is 1.69. The van der Waals surface area contributed by atoms with Gasteiger partial charge in [0.1, 0.15) is 5.75 Å². The average molecular weight is 385 g/mol. The van der Waals surface area contributed by atoms with Gasteiger partial charge in [0, 0.05) is 12.6 Å². The Morgan fingerprint density at radius 2 is 2.04 bits per heavy atom. The monoisotopic (exact) mass is 384 g/mol. The molecule has 0 aliphatic heterocycles. The number of rotatable bonds is 7. The van der Waals surface area contributed by atoms with Gasteiger partial charge in [0.05, 0.1) is 11.1 Å². The largest absolute Gasteiger partial charge is 0.492 e. The number of hydrogen-bond donors (Lipinski definition) is 2. The lowest BCUT2D eigenvalue weighted by Crippen LogP contribution is -2.41. The first-order valence-electron chi connectivity index (χ1n) is 8.21. The highest BCUT2D eigenvalue weighted by molar-refractivity contribution is 9.10. The fraction of sp³-hybridized carbons (Fsp3) is 0.611. The summed E-state index contributed by atoms with van der Waals surface area (Å²) in [7, 11) is 0. The summed E-state index contributed by atoms with van der Waals surface area (Å²) in [5.41, 5.74) is 1.38. The van der Waals surface area contributed by atoms with Crippen LogP contribution in [0.2, 0.25) is 0 Å². The van der Waals surface area contributed by atoms with E-state index in [1.807, 2.05) is 19.9 Å². The van der Waals surface area contributed by atoms with E-state index in [-0.39, 0.29) is 17.5 Å². The van der Waals surface area contributed by atoms with Crippen LogP contribution < -0.4 is 15.4 Å². The Kier molecular flexibility index (Phi) is 7.89. The third-order valence-electron chi connectivity index (χ3n) is 3.65. The van der Waals surface area contributed by atoms with E-state index in [0.717, 1.165) is 23.1 Å². The number of carbonyl (C=O) groups is 1. The Hall–Kier alpha value is -1.23. The number of hydrogen-bond acceptors (Lipinski definition) is 2. The van der Waals surface area contributed by atoms with E-state index in [1.54, 1.807) is 0 Å². The molecular formula is C18H29BrN2O2. The van der Waals surface area contributed by atoms with Crippen molar-refractivity contribution in [1.82, 2.24) is 10.6 Å². The number of halogens is 1. The van der Waals surface area contributed by atoms with E-state index in [4.69, 9.17) is 4.74 Å². The first-order chi connectivity index (χ1) is 10.7. The Labute approximate surface area is 148 Å². The average Bonchev–Trinajstić information content (AvgIpc) is 2.47. The van der Waals surface area contributed by atoms with Crippen LogP contribution >= 0.6 is 15.9 Å². The molecule has 1 atom stereocenters. The number of nitrogens with one attached hydrogen (secondary N) is 2. The van der Waals surface area contributed by atoms with Crippen LogP contribution in [0.5, 0.6) is 5.75 Å². The molecule has 0 heterocycles. The van der Waals surface area contributed by atoms with E-state index in [0.29, 0.717) is 13.2 Å². The molecule has 1 rings (SSSR count). The topological polar surface area (TPSA) is 50.4 Å². The summed E-state index contributed by atoms with van der Waals surface area (Å²) >= 11 is 3.56. The van der Waals surface area contributed by atoms with Gasteiger partial charge in [-0.15, -0.1) is 0 Å². The van der Waals surface area contributed by atoms with Gasteiger partial charge in [-0.2, -0.15) is 0 Å². The standard InChI is InChI=1S/C18H29BrN2O2/c1-6-13(2)21-17(22)20-10-7-11-23-16-9-8-14(12-15(16)19)18(3,4)5/h8-9,12-13H,6-7,10-11H2,1-5H3,(H2,20,21,22). The lowest BCUT2D eigenvalue weighted by Gasteiger charge is -2.20. The smallest absolute Gasteiger partial charge is 0.314 e. The molecule has 0 aromatic heterocycles. The molecule has 5 heteroatoms. The second-order valence-corrected chi connectivity index (χ2v) is 7.66. The van der Waals surface area contributed by atoms with Crippen molar-refractivity contribution >= 4 is 22.0 Å². The summed E-state index contributed by atoms with van der Waals surface area (Å²) in [5.74, 6) is 0.835. The van der Waals surface area contributed by atoms with Crippen LogP contribution in [0.25, 0.3) is 0 Å². The lowest BCUT2D eigenvalue weighted by molar-refractivity contribution is 0.235. The Morgan fingerprint density at radius 1 is 1.35 bits per heavy atom. The third kappa shape index (κ3) is 7.25. The van der Waals surface area contributed by atoms with Crippen molar-refractivity contribution in [3.05, 3.63) is 28.2 Å². The quantitative estimate of drug-likeness (QED) is 0.674. The van der Waals surface area contributed by atoms with Crippen molar-refractivity contribution in [2.75, 3.05) is 13.2 Å². The van der Waals surface area contributed by atoms with Gasteiger partial charge in [0.2, 0.25) is 0 Å². The molecule has 2 N–H and O–H groups in total. The number of carbonyl (C=O) groups excluding carboxylic acids is 1. The molecule has 1 aromatic carbocycles. The lowest BCUT2D eigenvalue weighted by atomic mass is 9.87. The maximum atomic E-state index is 11.6. The molecule has 0 fully saturated rings. The van der Waals surface area contributed by atoms with Crippen molar-refractivity contribution in [1.29, 1.82) is 0 Å². The molecule has 0 spiro atoms. The van der Waals surface area contributed by atoms with Crippen molar-refractivity contribution in [2.24, 2.45) is 0 Å². The molecule has 130 valence electrons. The van der Waals surface area contributed by atoms with Crippen LogP contribution in [-0.4, -0.2) is 25.2 Å². The van der Waals surface area contributed by atoms with Gasteiger partial charge in [0.25, 0.3) is 0 Å².